The zero-order chi connectivity index (χ0) is 14.3. The lowest BCUT2D eigenvalue weighted by Gasteiger charge is -2.22. The Labute approximate surface area is 126 Å². The first-order chi connectivity index (χ1) is 9.10. The third kappa shape index (κ3) is 5.67. The van der Waals surface area contributed by atoms with Crippen LogP contribution < -0.4 is 11.1 Å². The van der Waals surface area contributed by atoms with E-state index in [0.717, 1.165) is 31.7 Å². The van der Waals surface area contributed by atoms with Crippen molar-refractivity contribution < 1.29 is 0 Å². The second-order valence-corrected chi connectivity index (χ2v) is 5.34. The van der Waals surface area contributed by atoms with Crippen molar-refractivity contribution >= 4 is 23.2 Å². The molecular formula is C14H23Cl2N3. The van der Waals surface area contributed by atoms with E-state index in [0.29, 0.717) is 16.6 Å². The van der Waals surface area contributed by atoms with Gasteiger partial charge in [-0.05, 0) is 36.9 Å². The van der Waals surface area contributed by atoms with E-state index in [1.54, 1.807) is 6.07 Å². The Morgan fingerprint density at radius 3 is 2.21 bits per heavy atom. The molecular weight excluding hydrogens is 281 g/mol. The van der Waals surface area contributed by atoms with Crippen molar-refractivity contribution in [1.82, 2.24) is 10.2 Å². The fraction of sp³-hybridized carbons (Fsp3) is 0.571. The molecule has 0 aliphatic heterocycles. The summed E-state index contributed by atoms with van der Waals surface area (Å²) < 4.78 is 0. The molecule has 0 aliphatic carbocycles. The van der Waals surface area contributed by atoms with E-state index in [-0.39, 0.29) is 6.04 Å². The Kier molecular flexibility index (Phi) is 7.73. The summed E-state index contributed by atoms with van der Waals surface area (Å²) in [5.41, 5.74) is 6.87. The number of nitrogens with zero attached hydrogens (tertiary/aromatic N) is 1. The minimum Gasteiger partial charge on any atom is -0.329 e. The summed E-state index contributed by atoms with van der Waals surface area (Å²) >= 11 is 12.0. The first-order valence-corrected chi connectivity index (χ1v) is 7.48. The molecule has 19 heavy (non-hydrogen) atoms. The van der Waals surface area contributed by atoms with Gasteiger partial charge in [-0.3, -0.25) is 0 Å². The molecule has 3 nitrogen and oxygen atoms in total. The van der Waals surface area contributed by atoms with Gasteiger partial charge in [0.1, 0.15) is 0 Å². The van der Waals surface area contributed by atoms with Gasteiger partial charge in [-0.1, -0.05) is 37.0 Å². The van der Waals surface area contributed by atoms with E-state index < -0.39 is 0 Å². The highest BCUT2D eigenvalue weighted by atomic mass is 35.5. The number of benzene rings is 1. The molecule has 0 spiro atoms. The molecule has 0 bridgehead atoms. The van der Waals surface area contributed by atoms with Crippen LogP contribution in [0.5, 0.6) is 0 Å². The summed E-state index contributed by atoms with van der Waals surface area (Å²) in [5.74, 6) is 0. The molecule has 0 saturated carbocycles. The van der Waals surface area contributed by atoms with Gasteiger partial charge in [0, 0.05) is 35.7 Å². The molecule has 0 saturated heterocycles. The first kappa shape index (κ1) is 16.7. The topological polar surface area (TPSA) is 41.3 Å². The van der Waals surface area contributed by atoms with Gasteiger partial charge in [0.15, 0.2) is 0 Å². The summed E-state index contributed by atoms with van der Waals surface area (Å²) in [4.78, 5) is 2.37. The number of nitrogens with two attached hydrogens (primary N) is 1. The van der Waals surface area contributed by atoms with Crippen LogP contribution in [0.1, 0.15) is 25.5 Å². The normalized spacial score (nSPS) is 12.9. The predicted octanol–water partition coefficient (Wildman–Crippen LogP) is 2.92. The van der Waals surface area contributed by atoms with E-state index in [1.807, 2.05) is 12.1 Å². The average molecular weight is 304 g/mol. The van der Waals surface area contributed by atoms with Crippen LogP contribution in [-0.2, 0) is 0 Å². The highest BCUT2D eigenvalue weighted by Crippen LogP contribution is 2.23. The van der Waals surface area contributed by atoms with Gasteiger partial charge in [0.25, 0.3) is 0 Å². The first-order valence-electron chi connectivity index (χ1n) is 6.72. The smallest absolute Gasteiger partial charge is 0.0446 e. The molecule has 108 valence electrons. The number of rotatable bonds is 8. The zero-order valence-electron chi connectivity index (χ0n) is 11.6. The van der Waals surface area contributed by atoms with Gasteiger partial charge in [-0.25, -0.2) is 0 Å². The highest BCUT2D eigenvalue weighted by molar-refractivity contribution is 6.34. The van der Waals surface area contributed by atoms with Gasteiger partial charge in [0.2, 0.25) is 0 Å². The standard InChI is InChI=1S/C14H23Cl2N3/c1-3-19(4-2)6-5-18-14(10-17)11-7-12(15)9-13(16)8-11/h7-9,14,18H,3-6,10,17H2,1-2H3. The number of hydrogen-bond donors (Lipinski definition) is 2. The molecule has 3 N–H and O–H groups in total. The lowest BCUT2D eigenvalue weighted by molar-refractivity contribution is 0.297. The van der Waals surface area contributed by atoms with Crippen molar-refractivity contribution in [3.05, 3.63) is 33.8 Å². The average Bonchev–Trinajstić information content (AvgIpc) is 2.38. The lowest BCUT2D eigenvalue weighted by Crippen LogP contribution is -2.36. The summed E-state index contributed by atoms with van der Waals surface area (Å²) in [6.07, 6.45) is 0. The van der Waals surface area contributed by atoms with Crippen LogP contribution in [0.4, 0.5) is 0 Å². The number of halogens is 2. The molecule has 1 rings (SSSR count). The fourth-order valence-corrected chi connectivity index (χ4v) is 2.59. The van der Waals surface area contributed by atoms with Crippen LogP contribution in [-0.4, -0.2) is 37.6 Å². The molecule has 1 atom stereocenters. The van der Waals surface area contributed by atoms with Crippen LogP contribution >= 0.6 is 23.2 Å². The van der Waals surface area contributed by atoms with Crippen molar-refractivity contribution in [2.75, 3.05) is 32.7 Å². The van der Waals surface area contributed by atoms with Crippen molar-refractivity contribution in [1.29, 1.82) is 0 Å². The van der Waals surface area contributed by atoms with Crippen LogP contribution in [0.3, 0.4) is 0 Å². The van der Waals surface area contributed by atoms with Gasteiger partial charge in [-0.15, -0.1) is 0 Å². The largest absolute Gasteiger partial charge is 0.329 e. The molecule has 0 amide bonds. The molecule has 1 aromatic rings. The molecule has 0 fully saturated rings. The number of nitrogens with one attached hydrogen (secondary N) is 1. The molecule has 0 heterocycles. The maximum Gasteiger partial charge on any atom is 0.0446 e. The van der Waals surface area contributed by atoms with Gasteiger partial charge < -0.3 is 16.0 Å². The third-order valence-electron chi connectivity index (χ3n) is 3.24. The second-order valence-electron chi connectivity index (χ2n) is 4.47. The quantitative estimate of drug-likeness (QED) is 0.776. The lowest BCUT2D eigenvalue weighted by atomic mass is 10.1. The Morgan fingerprint density at radius 1 is 1.16 bits per heavy atom. The third-order valence-corrected chi connectivity index (χ3v) is 3.67. The highest BCUT2D eigenvalue weighted by Gasteiger charge is 2.11. The SMILES string of the molecule is CCN(CC)CCNC(CN)c1cc(Cl)cc(Cl)c1. The Bertz CT molecular complexity index is 361. The zero-order valence-corrected chi connectivity index (χ0v) is 13.1. The van der Waals surface area contributed by atoms with E-state index >= 15 is 0 Å². The minimum absolute atomic E-state index is 0.0896. The maximum absolute atomic E-state index is 6.02. The van der Waals surface area contributed by atoms with E-state index in [1.165, 1.54) is 0 Å². The van der Waals surface area contributed by atoms with Gasteiger partial charge in [-0.2, -0.15) is 0 Å². The Balaban J connectivity index is 2.58. The van der Waals surface area contributed by atoms with Crippen molar-refractivity contribution in [3.63, 3.8) is 0 Å². The second kappa shape index (κ2) is 8.77. The summed E-state index contributed by atoms with van der Waals surface area (Å²) in [6.45, 7) is 8.89. The van der Waals surface area contributed by atoms with Crippen LogP contribution in [0.25, 0.3) is 0 Å². The monoisotopic (exact) mass is 303 g/mol. The maximum atomic E-state index is 6.02. The van der Waals surface area contributed by atoms with E-state index in [2.05, 4.69) is 24.1 Å². The molecule has 1 unspecified atom stereocenters. The van der Waals surface area contributed by atoms with Crippen molar-refractivity contribution in [2.45, 2.75) is 19.9 Å². The van der Waals surface area contributed by atoms with E-state index in [9.17, 15) is 0 Å². The molecule has 0 aliphatic rings. The van der Waals surface area contributed by atoms with Crippen LogP contribution in [0.15, 0.2) is 18.2 Å². The van der Waals surface area contributed by atoms with Crippen molar-refractivity contribution in [3.8, 4) is 0 Å². The minimum atomic E-state index is 0.0896. The molecule has 5 heteroatoms. The number of hydrogen-bond acceptors (Lipinski definition) is 3. The van der Waals surface area contributed by atoms with Crippen molar-refractivity contribution in [2.24, 2.45) is 5.73 Å². The fourth-order valence-electron chi connectivity index (χ4n) is 2.05. The molecule has 0 radical (unpaired) electrons. The summed E-state index contributed by atoms with van der Waals surface area (Å²) in [5, 5.41) is 4.75. The Morgan fingerprint density at radius 2 is 1.74 bits per heavy atom. The molecule has 1 aromatic carbocycles. The summed E-state index contributed by atoms with van der Waals surface area (Å²) in [6, 6.07) is 5.65. The summed E-state index contributed by atoms with van der Waals surface area (Å²) in [7, 11) is 0. The predicted molar refractivity (Wildman–Crippen MR) is 84.0 cm³/mol. The molecule has 0 aromatic heterocycles. The van der Waals surface area contributed by atoms with E-state index in [4.69, 9.17) is 28.9 Å². The number of likely N-dealkylation sites (N-methyl/N-ethyl adjacent to an activating group) is 1. The van der Waals surface area contributed by atoms with Gasteiger partial charge in [0.05, 0.1) is 0 Å². The van der Waals surface area contributed by atoms with Crippen LogP contribution in [0, 0.1) is 0 Å². The van der Waals surface area contributed by atoms with Gasteiger partial charge >= 0.3 is 0 Å². The van der Waals surface area contributed by atoms with Crippen LogP contribution in [0.2, 0.25) is 10.0 Å². The Hall–Kier alpha value is -0.320.